The van der Waals surface area contributed by atoms with Crippen LogP contribution in [0.2, 0.25) is 5.15 Å². The normalized spacial score (nSPS) is 12.4. The lowest BCUT2D eigenvalue weighted by atomic mass is 9.98. The van der Waals surface area contributed by atoms with E-state index in [4.69, 9.17) is 22.7 Å². The highest BCUT2D eigenvalue weighted by molar-refractivity contribution is 7.27. The standard InChI is InChI=1S/C27H43ClN5P.CH4N2/c1-6-9-23(18-30-20(4)24-26(29)32-27(34)25(28)31-24)33(5)17-8-10-21-13-15-22(16-14-21)12-11-19(3)7-2;2-1-3/h13-16,19,23,30H,4,6-12,17-18,34H2,1-3,5H3,(H2,29,32);1H,(H3,2,3). The SMILES string of the molecule is C=C(NCC(CCC)N(C)CCCc1ccc(CCC(C)CC)cc1)c1nc(Cl)c(P)nc1N.N=CN. The number of aryl methyl sites for hydroxylation is 2. The molecule has 3 unspecified atom stereocenters. The van der Waals surface area contributed by atoms with Crippen molar-refractivity contribution in [1.82, 2.24) is 20.2 Å². The number of hydrogen-bond acceptors (Lipinski definition) is 6. The van der Waals surface area contributed by atoms with Gasteiger partial charge in [0.2, 0.25) is 0 Å². The summed E-state index contributed by atoms with van der Waals surface area (Å²) in [5.74, 6) is 1.13. The molecule has 0 aliphatic heterocycles. The van der Waals surface area contributed by atoms with Crippen LogP contribution in [0, 0.1) is 11.3 Å². The molecule has 7 nitrogen and oxygen atoms in total. The average Bonchev–Trinajstić information content (AvgIpc) is 2.88. The minimum absolute atomic E-state index is 0.322. The van der Waals surface area contributed by atoms with E-state index in [0.29, 0.717) is 33.8 Å². The Morgan fingerprint density at radius 3 is 2.35 bits per heavy atom. The van der Waals surface area contributed by atoms with Crippen molar-refractivity contribution in [1.29, 1.82) is 5.41 Å². The van der Waals surface area contributed by atoms with Crippen molar-refractivity contribution >= 4 is 44.1 Å². The van der Waals surface area contributed by atoms with Crippen molar-refractivity contribution in [3.8, 4) is 0 Å². The predicted molar refractivity (Wildman–Crippen MR) is 165 cm³/mol. The second-order valence-electron chi connectivity index (χ2n) is 9.55. The number of nitrogens with two attached hydrogens (primary N) is 2. The van der Waals surface area contributed by atoms with Gasteiger partial charge in [0, 0.05) is 12.6 Å². The maximum absolute atomic E-state index is 6.12. The van der Waals surface area contributed by atoms with Gasteiger partial charge in [-0.15, -0.1) is 0 Å². The largest absolute Gasteiger partial charge is 0.390 e. The number of likely N-dealkylation sites (N-methyl/N-ethyl adjacent to an activating group) is 1. The summed E-state index contributed by atoms with van der Waals surface area (Å²) in [7, 11) is 4.64. The van der Waals surface area contributed by atoms with Crippen molar-refractivity contribution in [3.05, 3.63) is 52.8 Å². The number of aromatic nitrogens is 2. The van der Waals surface area contributed by atoms with Crippen molar-refractivity contribution < 1.29 is 0 Å². The van der Waals surface area contributed by atoms with Crippen LogP contribution in [0.5, 0.6) is 0 Å². The van der Waals surface area contributed by atoms with Crippen LogP contribution >= 0.6 is 20.8 Å². The number of nitrogen functional groups attached to an aromatic ring is 1. The highest BCUT2D eigenvalue weighted by Gasteiger charge is 2.16. The molecule has 1 aromatic heterocycles. The minimum Gasteiger partial charge on any atom is -0.390 e. The number of rotatable bonds is 15. The monoisotopic (exact) mass is 547 g/mol. The number of benzene rings is 1. The molecule has 6 N–H and O–H groups in total. The summed E-state index contributed by atoms with van der Waals surface area (Å²) < 4.78 is 0. The Balaban J connectivity index is 0.00000217. The van der Waals surface area contributed by atoms with Crippen molar-refractivity contribution in [2.24, 2.45) is 11.7 Å². The molecular formula is C28H47ClN7P. The molecule has 1 aromatic carbocycles. The Labute approximate surface area is 231 Å². The highest BCUT2D eigenvalue weighted by Crippen LogP contribution is 2.18. The zero-order valence-electron chi connectivity index (χ0n) is 23.1. The molecule has 0 spiro atoms. The van der Waals surface area contributed by atoms with E-state index in [-0.39, 0.29) is 0 Å². The van der Waals surface area contributed by atoms with Crippen molar-refractivity contribution in [2.75, 3.05) is 25.9 Å². The smallest absolute Gasteiger partial charge is 0.155 e. The molecular weight excluding hydrogens is 501 g/mol. The Kier molecular flexibility index (Phi) is 16.1. The van der Waals surface area contributed by atoms with Gasteiger partial charge in [-0.1, -0.05) is 85.3 Å². The maximum Gasteiger partial charge on any atom is 0.155 e. The summed E-state index contributed by atoms with van der Waals surface area (Å²) in [6.45, 7) is 12.8. The van der Waals surface area contributed by atoms with Crippen LogP contribution in [0.1, 0.15) is 69.7 Å². The zero-order valence-corrected chi connectivity index (χ0v) is 25.0. The van der Waals surface area contributed by atoms with Gasteiger partial charge in [0.05, 0.1) is 17.5 Å². The summed E-state index contributed by atoms with van der Waals surface area (Å²) >= 11 is 6.12. The number of hydrogen-bond donors (Lipinski definition) is 4. The highest BCUT2D eigenvalue weighted by atomic mass is 35.5. The van der Waals surface area contributed by atoms with Crippen LogP contribution in [0.25, 0.3) is 5.70 Å². The van der Waals surface area contributed by atoms with Crippen molar-refractivity contribution in [3.63, 3.8) is 0 Å². The van der Waals surface area contributed by atoms with E-state index in [2.05, 4.69) is 93.8 Å². The maximum atomic E-state index is 6.12. The topological polar surface area (TPSA) is 117 Å². The van der Waals surface area contributed by atoms with Crippen LogP contribution in [0.15, 0.2) is 30.8 Å². The van der Waals surface area contributed by atoms with Crippen LogP contribution in [0.4, 0.5) is 5.82 Å². The fourth-order valence-corrected chi connectivity index (χ4v) is 4.34. The third-order valence-electron chi connectivity index (χ3n) is 6.61. The molecule has 1 heterocycles. The fraction of sp³-hybridized carbons (Fsp3) is 0.536. The van der Waals surface area contributed by atoms with Gasteiger partial charge in [0.1, 0.15) is 5.69 Å². The second kappa shape index (κ2) is 18.1. The van der Waals surface area contributed by atoms with Gasteiger partial charge in [-0.3, -0.25) is 5.41 Å². The van der Waals surface area contributed by atoms with Crippen LogP contribution in [0.3, 0.4) is 0 Å². The molecule has 3 atom stereocenters. The molecule has 0 radical (unpaired) electrons. The van der Waals surface area contributed by atoms with E-state index in [9.17, 15) is 0 Å². The Morgan fingerprint density at radius 1 is 1.19 bits per heavy atom. The summed E-state index contributed by atoms with van der Waals surface area (Å²) in [6, 6.07) is 9.62. The van der Waals surface area contributed by atoms with Gasteiger partial charge < -0.3 is 21.7 Å². The molecule has 0 fully saturated rings. The quantitative estimate of drug-likeness (QED) is 0.141. The molecule has 0 saturated carbocycles. The van der Waals surface area contributed by atoms with Crippen LogP contribution < -0.4 is 22.2 Å². The first-order valence-corrected chi connectivity index (χ1v) is 14.1. The van der Waals surface area contributed by atoms with Crippen LogP contribution in [-0.4, -0.2) is 47.4 Å². The van der Waals surface area contributed by atoms with Gasteiger partial charge >= 0.3 is 0 Å². The molecule has 37 heavy (non-hydrogen) atoms. The van der Waals surface area contributed by atoms with Gasteiger partial charge in [0.15, 0.2) is 11.0 Å². The zero-order chi connectivity index (χ0) is 27.8. The van der Waals surface area contributed by atoms with Gasteiger partial charge in [0.25, 0.3) is 0 Å². The number of nitrogens with one attached hydrogen (secondary N) is 2. The lowest BCUT2D eigenvalue weighted by Crippen LogP contribution is -2.40. The first kappa shape index (κ1) is 32.8. The minimum atomic E-state index is 0.322. The Bertz CT molecular complexity index is 952. The van der Waals surface area contributed by atoms with E-state index in [0.717, 1.165) is 51.0 Å². The molecule has 206 valence electrons. The Hall–Kier alpha value is -2.21. The first-order valence-electron chi connectivity index (χ1n) is 13.2. The average molecular weight is 548 g/mol. The number of halogens is 1. The Morgan fingerprint density at radius 2 is 1.78 bits per heavy atom. The number of anilines is 1. The van der Waals surface area contributed by atoms with E-state index in [1.807, 2.05) is 0 Å². The predicted octanol–water partition coefficient (Wildman–Crippen LogP) is 5.04. The summed E-state index contributed by atoms with van der Waals surface area (Å²) in [6.07, 6.45) is 8.92. The van der Waals surface area contributed by atoms with Crippen LogP contribution in [-0.2, 0) is 12.8 Å². The van der Waals surface area contributed by atoms with Gasteiger partial charge in [-0.05, 0) is 62.7 Å². The molecule has 2 aromatic rings. The molecule has 0 aliphatic carbocycles. The van der Waals surface area contributed by atoms with E-state index >= 15 is 0 Å². The lowest BCUT2D eigenvalue weighted by molar-refractivity contribution is 0.226. The molecule has 2 rings (SSSR count). The third-order valence-corrected chi connectivity index (χ3v) is 7.47. The fourth-order valence-electron chi connectivity index (χ4n) is 4.00. The van der Waals surface area contributed by atoms with E-state index in [1.54, 1.807) is 0 Å². The third kappa shape index (κ3) is 12.3. The first-order chi connectivity index (χ1) is 17.7. The summed E-state index contributed by atoms with van der Waals surface area (Å²) in [5, 5.41) is 9.59. The molecule has 0 aliphatic rings. The molecule has 0 bridgehead atoms. The molecule has 9 heteroatoms. The van der Waals surface area contributed by atoms with Crippen molar-refractivity contribution in [2.45, 2.75) is 71.8 Å². The second-order valence-corrected chi connectivity index (χ2v) is 10.5. The molecule has 0 amide bonds. The lowest BCUT2D eigenvalue weighted by Gasteiger charge is -2.29. The molecule has 0 saturated heterocycles. The number of nitrogens with zero attached hydrogens (tertiary/aromatic N) is 3. The van der Waals surface area contributed by atoms with Gasteiger partial charge in [-0.2, -0.15) is 0 Å². The summed E-state index contributed by atoms with van der Waals surface area (Å²) in [4.78, 5) is 11.0. The summed E-state index contributed by atoms with van der Waals surface area (Å²) in [5.41, 5.74) is 15.0. The van der Waals surface area contributed by atoms with Gasteiger partial charge in [-0.25, -0.2) is 9.97 Å². The van der Waals surface area contributed by atoms with E-state index in [1.165, 1.54) is 30.4 Å². The van der Waals surface area contributed by atoms with E-state index < -0.39 is 0 Å².